The molecule has 0 spiro atoms. The van der Waals surface area contributed by atoms with Crippen molar-refractivity contribution < 1.29 is 24.2 Å². The Morgan fingerprint density at radius 2 is 1.86 bits per heavy atom. The van der Waals surface area contributed by atoms with Crippen LogP contribution in [0.3, 0.4) is 0 Å². The number of rotatable bonds is 2. The summed E-state index contributed by atoms with van der Waals surface area (Å²) in [6, 6.07) is 0.807. The van der Waals surface area contributed by atoms with Crippen molar-refractivity contribution in [2.75, 3.05) is 0 Å². The van der Waals surface area contributed by atoms with E-state index in [0.717, 1.165) is 6.07 Å². The molecule has 2 N–H and O–H groups in total. The SMILES string of the molecule is Cc1c(C(=O)O)cc(C(=O)O)oc1=O. The highest BCUT2D eigenvalue weighted by atomic mass is 16.4. The van der Waals surface area contributed by atoms with Gasteiger partial charge in [0.1, 0.15) is 0 Å². The Hall–Kier alpha value is -2.11. The Morgan fingerprint density at radius 3 is 2.29 bits per heavy atom. The summed E-state index contributed by atoms with van der Waals surface area (Å²) >= 11 is 0. The van der Waals surface area contributed by atoms with Crippen molar-refractivity contribution in [3.8, 4) is 0 Å². The zero-order chi connectivity index (χ0) is 10.9. The molecule has 0 aliphatic rings. The van der Waals surface area contributed by atoms with E-state index in [-0.39, 0.29) is 11.1 Å². The molecule has 0 amide bonds. The summed E-state index contributed by atoms with van der Waals surface area (Å²) in [5.41, 5.74) is -1.44. The number of carbonyl (C=O) groups is 2. The van der Waals surface area contributed by atoms with Crippen LogP contribution in [0, 0.1) is 6.92 Å². The molecule has 0 saturated carbocycles. The monoisotopic (exact) mass is 198 g/mol. The maximum Gasteiger partial charge on any atom is 0.371 e. The maximum atomic E-state index is 11.0. The summed E-state index contributed by atoms with van der Waals surface area (Å²) in [4.78, 5) is 32.0. The second-order valence-electron chi connectivity index (χ2n) is 2.55. The Morgan fingerprint density at radius 1 is 1.29 bits per heavy atom. The molecule has 0 atom stereocenters. The smallest absolute Gasteiger partial charge is 0.371 e. The fourth-order valence-electron chi connectivity index (χ4n) is 0.883. The lowest BCUT2D eigenvalue weighted by Gasteiger charge is -1.99. The predicted molar refractivity (Wildman–Crippen MR) is 43.6 cm³/mol. The molecule has 0 aliphatic heterocycles. The first-order valence-electron chi connectivity index (χ1n) is 3.55. The minimum atomic E-state index is -1.48. The fraction of sp³-hybridized carbons (Fsp3) is 0.125. The third-order valence-corrected chi connectivity index (χ3v) is 1.63. The van der Waals surface area contributed by atoms with Crippen molar-refractivity contribution in [1.82, 2.24) is 0 Å². The highest BCUT2D eigenvalue weighted by Crippen LogP contribution is 2.06. The molecule has 14 heavy (non-hydrogen) atoms. The normalized spacial score (nSPS) is 9.79. The number of aromatic carboxylic acids is 2. The Balaban J connectivity index is 3.51. The second kappa shape index (κ2) is 3.33. The summed E-state index contributed by atoms with van der Waals surface area (Å²) in [6.45, 7) is 1.25. The lowest BCUT2D eigenvalue weighted by atomic mass is 10.1. The van der Waals surface area contributed by atoms with Crippen LogP contribution in [0.5, 0.6) is 0 Å². The quantitative estimate of drug-likeness (QED) is 0.710. The van der Waals surface area contributed by atoms with Crippen LogP contribution >= 0.6 is 0 Å². The molecule has 6 nitrogen and oxygen atoms in total. The molecule has 0 unspecified atom stereocenters. The van der Waals surface area contributed by atoms with Crippen LogP contribution in [0.4, 0.5) is 0 Å². The zero-order valence-electron chi connectivity index (χ0n) is 7.10. The van der Waals surface area contributed by atoms with E-state index in [1.165, 1.54) is 6.92 Å². The average Bonchev–Trinajstić information content (AvgIpc) is 2.08. The fourth-order valence-corrected chi connectivity index (χ4v) is 0.883. The summed E-state index contributed by atoms with van der Waals surface area (Å²) in [7, 11) is 0. The van der Waals surface area contributed by atoms with Crippen LogP contribution in [-0.4, -0.2) is 22.2 Å². The van der Waals surface area contributed by atoms with E-state index in [2.05, 4.69) is 4.42 Å². The molecule has 1 aromatic heterocycles. The van der Waals surface area contributed by atoms with Gasteiger partial charge < -0.3 is 14.6 Å². The van der Waals surface area contributed by atoms with Gasteiger partial charge in [-0.05, 0) is 6.92 Å². The predicted octanol–water partition coefficient (Wildman–Crippen LogP) is 0.345. The first-order chi connectivity index (χ1) is 6.43. The number of carboxylic acids is 2. The van der Waals surface area contributed by atoms with Gasteiger partial charge in [-0.1, -0.05) is 0 Å². The molecule has 1 rings (SSSR count). The molecule has 74 valence electrons. The van der Waals surface area contributed by atoms with Gasteiger partial charge in [0, 0.05) is 11.6 Å². The first-order valence-corrected chi connectivity index (χ1v) is 3.55. The number of hydrogen-bond donors (Lipinski definition) is 2. The number of carboxylic acid groups (broad SMARTS) is 2. The third-order valence-electron chi connectivity index (χ3n) is 1.63. The van der Waals surface area contributed by atoms with E-state index in [4.69, 9.17) is 10.2 Å². The molecule has 0 fully saturated rings. The summed E-state index contributed by atoms with van der Waals surface area (Å²) in [5, 5.41) is 17.1. The van der Waals surface area contributed by atoms with E-state index < -0.39 is 23.3 Å². The van der Waals surface area contributed by atoms with Crippen LogP contribution in [0.15, 0.2) is 15.3 Å². The third kappa shape index (κ3) is 1.63. The van der Waals surface area contributed by atoms with Gasteiger partial charge in [-0.2, -0.15) is 0 Å². The standard InChI is InChI=1S/C8H6O6/c1-3-4(6(9)10)2-5(7(11)12)14-8(3)13/h2H,1H3,(H,9,10)(H,11,12). The van der Waals surface area contributed by atoms with Gasteiger partial charge in [-0.15, -0.1) is 0 Å². The van der Waals surface area contributed by atoms with Gasteiger partial charge in [0.2, 0.25) is 5.76 Å². The molecule has 0 aromatic carbocycles. The highest BCUT2D eigenvalue weighted by molar-refractivity contribution is 5.92. The molecule has 0 radical (unpaired) electrons. The maximum absolute atomic E-state index is 11.0. The second-order valence-corrected chi connectivity index (χ2v) is 2.55. The largest absolute Gasteiger partial charge is 0.478 e. The summed E-state index contributed by atoms with van der Waals surface area (Å²) in [6.07, 6.45) is 0. The van der Waals surface area contributed by atoms with Crippen molar-refractivity contribution in [1.29, 1.82) is 0 Å². The minimum Gasteiger partial charge on any atom is -0.478 e. The number of hydrogen-bond acceptors (Lipinski definition) is 4. The van der Waals surface area contributed by atoms with E-state index in [1.807, 2.05) is 0 Å². The van der Waals surface area contributed by atoms with Crippen LogP contribution in [-0.2, 0) is 0 Å². The Labute approximate surface area is 77.4 Å². The molecule has 1 aromatic rings. The highest BCUT2D eigenvalue weighted by Gasteiger charge is 2.16. The summed E-state index contributed by atoms with van der Waals surface area (Å²) < 4.78 is 4.34. The van der Waals surface area contributed by atoms with E-state index in [1.54, 1.807) is 0 Å². The molecule has 0 bridgehead atoms. The van der Waals surface area contributed by atoms with Crippen molar-refractivity contribution in [3.05, 3.63) is 33.4 Å². The molecule has 1 heterocycles. The Bertz CT molecular complexity index is 455. The van der Waals surface area contributed by atoms with Gasteiger partial charge in [-0.25, -0.2) is 14.4 Å². The average molecular weight is 198 g/mol. The lowest BCUT2D eigenvalue weighted by Crippen LogP contribution is -2.14. The van der Waals surface area contributed by atoms with Gasteiger partial charge in [-0.3, -0.25) is 0 Å². The minimum absolute atomic E-state index is 0.123. The van der Waals surface area contributed by atoms with Gasteiger partial charge in [0.05, 0.1) is 5.56 Å². The van der Waals surface area contributed by atoms with Gasteiger partial charge >= 0.3 is 17.6 Å². The topological polar surface area (TPSA) is 105 Å². The first kappa shape index (κ1) is 9.97. The Kier molecular flexibility index (Phi) is 2.37. The van der Waals surface area contributed by atoms with Crippen molar-refractivity contribution >= 4 is 11.9 Å². The van der Waals surface area contributed by atoms with Crippen LogP contribution in [0.1, 0.15) is 26.5 Å². The van der Waals surface area contributed by atoms with Gasteiger partial charge in [0.15, 0.2) is 0 Å². The van der Waals surface area contributed by atoms with Gasteiger partial charge in [0.25, 0.3) is 0 Å². The summed E-state index contributed by atoms with van der Waals surface area (Å²) in [5.74, 6) is -3.53. The van der Waals surface area contributed by atoms with E-state index >= 15 is 0 Å². The molecule has 0 saturated heterocycles. The van der Waals surface area contributed by atoms with Crippen molar-refractivity contribution in [3.63, 3.8) is 0 Å². The van der Waals surface area contributed by atoms with Crippen molar-refractivity contribution in [2.24, 2.45) is 0 Å². The van der Waals surface area contributed by atoms with Crippen LogP contribution in [0.2, 0.25) is 0 Å². The molecule has 6 heteroatoms. The van der Waals surface area contributed by atoms with Crippen LogP contribution in [0.25, 0.3) is 0 Å². The van der Waals surface area contributed by atoms with E-state index in [9.17, 15) is 14.4 Å². The lowest BCUT2D eigenvalue weighted by molar-refractivity contribution is 0.0656. The molecule has 0 aliphatic carbocycles. The molecular formula is C8H6O6. The van der Waals surface area contributed by atoms with Crippen LogP contribution < -0.4 is 5.63 Å². The zero-order valence-corrected chi connectivity index (χ0v) is 7.10. The van der Waals surface area contributed by atoms with Crippen molar-refractivity contribution in [2.45, 2.75) is 6.92 Å². The molecular weight excluding hydrogens is 192 g/mol. The van der Waals surface area contributed by atoms with E-state index in [0.29, 0.717) is 0 Å².